The van der Waals surface area contributed by atoms with E-state index in [-0.39, 0.29) is 5.92 Å². The molecule has 1 rings (SSSR count). The van der Waals surface area contributed by atoms with Gasteiger partial charge in [-0.15, -0.1) is 0 Å². The Morgan fingerprint density at radius 2 is 1.58 bits per heavy atom. The molecule has 3 atom stereocenters. The van der Waals surface area contributed by atoms with Crippen molar-refractivity contribution < 1.29 is 4.79 Å². The van der Waals surface area contributed by atoms with Crippen molar-refractivity contribution in [1.82, 2.24) is 0 Å². The Hall–Kier alpha value is -0.240. The van der Waals surface area contributed by atoms with E-state index in [4.69, 9.17) is 0 Å². The molecule has 0 aromatic carbocycles. The van der Waals surface area contributed by atoms with Crippen molar-refractivity contribution in [1.29, 1.82) is 0 Å². The first-order valence-electron chi connectivity index (χ1n) is 10.4. The van der Waals surface area contributed by atoms with Crippen LogP contribution in [0.15, 0.2) is 12.2 Å². The number of carbonyl (C=O) groups excluding carboxylic acids is 1. The molecule has 1 aliphatic rings. The third-order valence-electron chi connectivity index (χ3n) is 5.56. The molecule has 1 fully saturated rings. The van der Waals surface area contributed by atoms with Crippen LogP contribution in [-0.4, -0.2) is 16.8 Å². The lowest BCUT2D eigenvalue weighted by molar-refractivity contribution is -0.124. The van der Waals surface area contributed by atoms with E-state index in [1.165, 1.54) is 75.5 Å². The Labute approximate surface area is 155 Å². The van der Waals surface area contributed by atoms with E-state index in [1.807, 2.05) is 11.8 Å². The summed E-state index contributed by atoms with van der Waals surface area (Å²) in [6.45, 7) is 10.6. The molecule has 0 heterocycles. The largest absolute Gasteiger partial charge is 0.299 e. The fourth-order valence-electron chi connectivity index (χ4n) is 3.62. The Balaban J connectivity index is 2.03. The van der Waals surface area contributed by atoms with Crippen molar-refractivity contribution >= 4 is 17.5 Å². The molecule has 0 aliphatic heterocycles. The second-order valence-corrected chi connectivity index (χ2v) is 9.18. The topological polar surface area (TPSA) is 17.1 Å². The minimum absolute atomic E-state index is 0.244. The molecule has 0 radical (unpaired) electrons. The van der Waals surface area contributed by atoms with Gasteiger partial charge in [-0.2, -0.15) is 11.8 Å². The summed E-state index contributed by atoms with van der Waals surface area (Å²) in [5, 5.41) is 0.520. The number of rotatable bonds is 13. The highest BCUT2D eigenvalue weighted by atomic mass is 32.2. The van der Waals surface area contributed by atoms with Crippen molar-refractivity contribution in [2.45, 2.75) is 103 Å². The molecule has 140 valence electrons. The summed E-state index contributed by atoms with van der Waals surface area (Å²) >= 11 is 2.05. The number of thioether (sulfide) groups is 1. The molecular formula is C22H40OS. The average Bonchev–Trinajstić information content (AvgIpc) is 2.55. The van der Waals surface area contributed by atoms with Crippen LogP contribution in [0.2, 0.25) is 0 Å². The maximum absolute atomic E-state index is 12.2. The van der Waals surface area contributed by atoms with Crippen LogP contribution in [0.25, 0.3) is 0 Å². The van der Waals surface area contributed by atoms with Crippen molar-refractivity contribution in [2.75, 3.05) is 5.75 Å². The van der Waals surface area contributed by atoms with Gasteiger partial charge in [0.25, 0.3) is 0 Å². The predicted molar refractivity (Wildman–Crippen MR) is 110 cm³/mol. The second kappa shape index (κ2) is 13.0. The van der Waals surface area contributed by atoms with Crippen molar-refractivity contribution in [3.05, 3.63) is 12.2 Å². The Bertz CT molecular complexity index is 363. The molecule has 1 nitrogen and oxygen atoms in total. The van der Waals surface area contributed by atoms with E-state index in [0.29, 0.717) is 17.0 Å². The molecule has 0 aromatic rings. The number of hydrogen-bond donors (Lipinski definition) is 0. The van der Waals surface area contributed by atoms with Crippen LogP contribution in [0, 0.1) is 11.8 Å². The second-order valence-electron chi connectivity index (χ2n) is 7.83. The van der Waals surface area contributed by atoms with Crippen LogP contribution in [0.3, 0.4) is 0 Å². The molecule has 0 spiro atoms. The molecule has 2 heteroatoms. The molecular weight excluding hydrogens is 312 g/mol. The van der Waals surface area contributed by atoms with Gasteiger partial charge in [0.15, 0.2) is 0 Å². The van der Waals surface area contributed by atoms with Crippen molar-refractivity contribution in [3.8, 4) is 0 Å². The lowest BCUT2D eigenvalue weighted by Gasteiger charge is -2.33. The maximum atomic E-state index is 12.2. The van der Waals surface area contributed by atoms with E-state index < -0.39 is 0 Å². The van der Waals surface area contributed by atoms with Gasteiger partial charge in [-0.25, -0.2) is 0 Å². The van der Waals surface area contributed by atoms with Gasteiger partial charge >= 0.3 is 0 Å². The molecule has 0 amide bonds. The highest BCUT2D eigenvalue weighted by molar-refractivity contribution is 7.99. The van der Waals surface area contributed by atoms with Crippen LogP contribution in [0.4, 0.5) is 0 Å². The van der Waals surface area contributed by atoms with E-state index in [9.17, 15) is 4.79 Å². The molecule has 1 saturated carbocycles. The van der Waals surface area contributed by atoms with Crippen LogP contribution in [0.1, 0.15) is 97.8 Å². The van der Waals surface area contributed by atoms with Crippen LogP contribution < -0.4 is 0 Å². The quantitative estimate of drug-likeness (QED) is 0.257. The third kappa shape index (κ3) is 8.74. The zero-order valence-electron chi connectivity index (χ0n) is 16.4. The molecule has 0 N–H and O–H groups in total. The summed E-state index contributed by atoms with van der Waals surface area (Å²) in [5.74, 6) is 2.35. The smallest absolute Gasteiger partial charge is 0.137 e. The Kier molecular flexibility index (Phi) is 11.8. The van der Waals surface area contributed by atoms with Crippen LogP contribution >= 0.6 is 11.8 Å². The van der Waals surface area contributed by atoms with Gasteiger partial charge in [-0.1, -0.05) is 83.8 Å². The summed E-state index contributed by atoms with van der Waals surface area (Å²) in [6, 6.07) is 0. The number of unbranched alkanes of at least 4 members (excludes halogenated alkanes) is 9. The minimum atomic E-state index is 0.244. The lowest BCUT2D eigenvalue weighted by atomic mass is 9.79. The van der Waals surface area contributed by atoms with Crippen molar-refractivity contribution in [2.24, 2.45) is 11.8 Å². The first kappa shape index (κ1) is 21.8. The lowest BCUT2D eigenvalue weighted by Crippen LogP contribution is -2.33. The zero-order chi connectivity index (χ0) is 17.8. The predicted octanol–water partition coefficient (Wildman–Crippen LogP) is 7.20. The van der Waals surface area contributed by atoms with E-state index >= 15 is 0 Å². The SMILES string of the molecule is C=C(C)C1CC(=O)C(C)C(SCCCCCCCCCCCC)C1. The van der Waals surface area contributed by atoms with E-state index in [2.05, 4.69) is 27.4 Å². The fraction of sp³-hybridized carbons (Fsp3) is 0.864. The molecule has 1 aliphatic carbocycles. The summed E-state index contributed by atoms with van der Waals surface area (Å²) in [4.78, 5) is 12.2. The Morgan fingerprint density at radius 1 is 1.04 bits per heavy atom. The average molecular weight is 353 g/mol. The van der Waals surface area contributed by atoms with Gasteiger partial charge < -0.3 is 0 Å². The number of allylic oxidation sites excluding steroid dienone is 1. The normalized spacial score (nSPS) is 24.3. The first-order valence-corrected chi connectivity index (χ1v) is 11.4. The summed E-state index contributed by atoms with van der Waals surface area (Å²) in [5.41, 5.74) is 1.19. The molecule has 0 bridgehead atoms. The van der Waals surface area contributed by atoms with Crippen LogP contribution in [0.5, 0.6) is 0 Å². The molecule has 0 saturated heterocycles. The van der Waals surface area contributed by atoms with E-state index in [0.717, 1.165) is 12.8 Å². The monoisotopic (exact) mass is 352 g/mol. The number of Topliss-reactive ketones (excluding diaryl/α,β-unsaturated/α-hetero) is 1. The maximum Gasteiger partial charge on any atom is 0.137 e. The highest BCUT2D eigenvalue weighted by Gasteiger charge is 2.33. The summed E-state index contributed by atoms with van der Waals surface area (Å²) < 4.78 is 0. The molecule has 3 unspecified atom stereocenters. The van der Waals surface area contributed by atoms with Crippen LogP contribution in [-0.2, 0) is 4.79 Å². The third-order valence-corrected chi connectivity index (χ3v) is 7.11. The number of hydrogen-bond acceptors (Lipinski definition) is 2. The van der Waals surface area contributed by atoms with Gasteiger partial charge in [0.05, 0.1) is 0 Å². The zero-order valence-corrected chi connectivity index (χ0v) is 17.3. The van der Waals surface area contributed by atoms with Crippen molar-refractivity contribution in [3.63, 3.8) is 0 Å². The summed E-state index contributed by atoms with van der Waals surface area (Å²) in [6.07, 6.45) is 15.8. The number of carbonyl (C=O) groups is 1. The standard InChI is InChI=1S/C22H40OS/c1-5-6-7-8-9-10-11-12-13-14-15-24-22-17-20(18(2)3)16-21(23)19(22)4/h19-20,22H,2,5-17H2,1,3-4H3. The van der Waals surface area contributed by atoms with Gasteiger partial charge in [0, 0.05) is 17.6 Å². The molecule has 0 aromatic heterocycles. The van der Waals surface area contributed by atoms with Gasteiger partial charge in [-0.05, 0) is 31.4 Å². The summed E-state index contributed by atoms with van der Waals surface area (Å²) in [7, 11) is 0. The van der Waals surface area contributed by atoms with Gasteiger partial charge in [-0.3, -0.25) is 4.79 Å². The van der Waals surface area contributed by atoms with Gasteiger partial charge in [0.2, 0.25) is 0 Å². The number of ketones is 1. The Morgan fingerprint density at radius 3 is 2.12 bits per heavy atom. The highest BCUT2D eigenvalue weighted by Crippen LogP contribution is 2.37. The van der Waals surface area contributed by atoms with E-state index in [1.54, 1.807) is 0 Å². The first-order chi connectivity index (χ1) is 11.6. The minimum Gasteiger partial charge on any atom is -0.299 e. The molecule has 24 heavy (non-hydrogen) atoms. The van der Waals surface area contributed by atoms with Gasteiger partial charge in [0.1, 0.15) is 5.78 Å². The fourth-order valence-corrected chi connectivity index (χ4v) is 5.10.